The van der Waals surface area contributed by atoms with E-state index in [0.717, 1.165) is 36.4 Å². The average Bonchev–Trinajstić information content (AvgIpc) is 2.37. The van der Waals surface area contributed by atoms with E-state index in [2.05, 4.69) is 6.92 Å². The van der Waals surface area contributed by atoms with E-state index in [4.69, 9.17) is 10.5 Å². The number of aryl methyl sites for hydroxylation is 1. The number of benzene rings is 1. The van der Waals surface area contributed by atoms with Gasteiger partial charge in [-0.3, -0.25) is 4.79 Å². The Morgan fingerprint density at radius 2 is 2.16 bits per heavy atom. The average molecular weight is 264 g/mol. The van der Waals surface area contributed by atoms with Gasteiger partial charge in [-0.15, -0.1) is 0 Å². The molecule has 4 nitrogen and oxygen atoms in total. The number of amides is 1. The molecular weight excluding hydrogens is 240 g/mol. The zero-order valence-corrected chi connectivity index (χ0v) is 12.3. The molecule has 1 amide bonds. The van der Waals surface area contributed by atoms with Crippen LogP contribution in [-0.4, -0.2) is 25.6 Å². The number of nitrogens with zero attached hydrogens (tertiary/aromatic N) is 1. The number of nitrogens with two attached hydrogens (primary N) is 1. The molecule has 0 radical (unpaired) electrons. The van der Waals surface area contributed by atoms with E-state index in [0.29, 0.717) is 0 Å². The summed E-state index contributed by atoms with van der Waals surface area (Å²) in [4.78, 5) is 13.5. The number of unbranched alkanes of at least 4 members (excludes halogenated alkanes) is 1. The van der Waals surface area contributed by atoms with Crippen LogP contribution in [0.4, 0.5) is 5.69 Å². The molecule has 0 bridgehead atoms. The van der Waals surface area contributed by atoms with Crippen molar-refractivity contribution in [2.45, 2.75) is 39.7 Å². The second-order valence-electron chi connectivity index (χ2n) is 4.84. The molecule has 0 aliphatic rings. The smallest absolute Gasteiger partial charge is 0.243 e. The maximum absolute atomic E-state index is 11.9. The first-order chi connectivity index (χ1) is 8.97. The third kappa shape index (κ3) is 4.24. The molecule has 4 heteroatoms. The fourth-order valence-corrected chi connectivity index (χ4v) is 1.85. The van der Waals surface area contributed by atoms with Crippen molar-refractivity contribution < 1.29 is 9.53 Å². The Morgan fingerprint density at radius 1 is 1.47 bits per heavy atom. The molecule has 0 aromatic heterocycles. The van der Waals surface area contributed by atoms with Gasteiger partial charge in [0, 0.05) is 12.7 Å². The number of hydrogen-bond donors (Lipinski definition) is 1. The lowest BCUT2D eigenvalue weighted by atomic mass is 10.1. The Kier molecular flexibility index (Phi) is 5.83. The molecule has 1 rings (SSSR count). The van der Waals surface area contributed by atoms with Gasteiger partial charge in [0.25, 0.3) is 0 Å². The third-order valence-corrected chi connectivity index (χ3v) is 3.02. The van der Waals surface area contributed by atoms with Gasteiger partial charge in [-0.25, -0.2) is 0 Å². The summed E-state index contributed by atoms with van der Waals surface area (Å²) in [6.07, 6.45) is 2.16. The van der Waals surface area contributed by atoms with Gasteiger partial charge in [-0.1, -0.05) is 13.3 Å². The molecule has 19 heavy (non-hydrogen) atoms. The van der Waals surface area contributed by atoms with Crippen LogP contribution in [0.3, 0.4) is 0 Å². The standard InChI is InChI=1S/C15H24N2O2/c1-5-6-9-19-13-7-8-14(11(2)10-13)17(4)15(18)12(3)16/h7-8,10,12H,5-6,9,16H2,1-4H3. The highest BCUT2D eigenvalue weighted by atomic mass is 16.5. The van der Waals surface area contributed by atoms with Crippen molar-refractivity contribution in [1.29, 1.82) is 0 Å². The number of rotatable bonds is 6. The van der Waals surface area contributed by atoms with Crippen LogP contribution in [-0.2, 0) is 4.79 Å². The molecule has 0 aliphatic carbocycles. The first-order valence-corrected chi connectivity index (χ1v) is 6.74. The summed E-state index contributed by atoms with van der Waals surface area (Å²) < 4.78 is 5.64. The van der Waals surface area contributed by atoms with Gasteiger partial charge in [-0.2, -0.15) is 0 Å². The zero-order chi connectivity index (χ0) is 14.4. The Balaban J connectivity index is 2.79. The number of carbonyl (C=O) groups excluding carboxylic acids is 1. The van der Waals surface area contributed by atoms with Gasteiger partial charge in [0.2, 0.25) is 5.91 Å². The zero-order valence-electron chi connectivity index (χ0n) is 12.3. The van der Waals surface area contributed by atoms with Gasteiger partial charge in [0.05, 0.1) is 12.6 Å². The summed E-state index contributed by atoms with van der Waals surface area (Å²) >= 11 is 0. The Labute approximate surface area is 115 Å². The topological polar surface area (TPSA) is 55.6 Å². The van der Waals surface area contributed by atoms with Crippen molar-refractivity contribution in [2.75, 3.05) is 18.6 Å². The highest BCUT2D eigenvalue weighted by Gasteiger charge is 2.16. The highest BCUT2D eigenvalue weighted by molar-refractivity contribution is 5.96. The normalized spacial score (nSPS) is 12.1. The van der Waals surface area contributed by atoms with Crippen molar-refractivity contribution in [3.63, 3.8) is 0 Å². The summed E-state index contributed by atoms with van der Waals surface area (Å²) in [5.74, 6) is 0.749. The number of hydrogen-bond acceptors (Lipinski definition) is 3. The predicted octanol–water partition coefficient (Wildman–Crippen LogP) is 2.48. The Morgan fingerprint density at radius 3 is 2.68 bits per heavy atom. The van der Waals surface area contributed by atoms with Crippen molar-refractivity contribution in [2.24, 2.45) is 5.73 Å². The first-order valence-electron chi connectivity index (χ1n) is 6.74. The van der Waals surface area contributed by atoms with Crippen LogP contribution in [0.15, 0.2) is 18.2 Å². The predicted molar refractivity (Wildman–Crippen MR) is 78.6 cm³/mol. The van der Waals surface area contributed by atoms with Crippen LogP contribution in [0, 0.1) is 6.92 Å². The van der Waals surface area contributed by atoms with E-state index in [-0.39, 0.29) is 5.91 Å². The Bertz CT molecular complexity index is 430. The monoisotopic (exact) mass is 264 g/mol. The molecule has 2 N–H and O–H groups in total. The van der Waals surface area contributed by atoms with Crippen molar-refractivity contribution in [3.8, 4) is 5.75 Å². The molecule has 0 saturated heterocycles. The van der Waals surface area contributed by atoms with Crippen LogP contribution in [0.1, 0.15) is 32.3 Å². The molecule has 0 fully saturated rings. The fourth-order valence-electron chi connectivity index (χ4n) is 1.85. The summed E-state index contributed by atoms with van der Waals surface area (Å²) in [7, 11) is 1.74. The number of likely N-dealkylation sites (N-methyl/N-ethyl adjacent to an activating group) is 1. The van der Waals surface area contributed by atoms with Crippen molar-refractivity contribution in [1.82, 2.24) is 0 Å². The van der Waals surface area contributed by atoms with Gasteiger partial charge in [-0.05, 0) is 44.0 Å². The maximum atomic E-state index is 11.9. The van der Waals surface area contributed by atoms with Gasteiger partial charge in [0.15, 0.2) is 0 Å². The molecular formula is C15H24N2O2. The van der Waals surface area contributed by atoms with E-state index >= 15 is 0 Å². The van der Waals surface area contributed by atoms with E-state index < -0.39 is 6.04 Å². The van der Waals surface area contributed by atoms with Crippen molar-refractivity contribution in [3.05, 3.63) is 23.8 Å². The van der Waals surface area contributed by atoms with Crippen LogP contribution >= 0.6 is 0 Å². The molecule has 1 aromatic rings. The molecule has 0 saturated carbocycles. The van der Waals surface area contributed by atoms with Gasteiger partial charge < -0.3 is 15.4 Å². The third-order valence-electron chi connectivity index (χ3n) is 3.02. The lowest BCUT2D eigenvalue weighted by Gasteiger charge is -2.22. The summed E-state index contributed by atoms with van der Waals surface area (Å²) in [5, 5.41) is 0. The summed E-state index contributed by atoms with van der Waals surface area (Å²) in [6, 6.07) is 5.25. The first kappa shape index (κ1) is 15.5. The molecule has 0 spiro atoms. The van der Waals surface area contributed by atoms with E-state index in [1.165, 1.54) is 0 Å². The molecule has 106 valence electrons. The van der Waals surface area contributed by atoms with E-state index in [1.54, 1.807) is 18.9 Å². The highest BCUT2D eigenvalue weighted by Crippen LogP contribution is 2.24. The largest absolute Gasteiger partial charge is 0.494 e. The van der Waals surface area contributed by atoms with Gasteiger partial charge >= 0.3 is 0 Å². The molecule has 1 unspecified atom stereocenters. The molecule has 0 heterocycles. The van der Waals surface area contributed by atoms with Crippen LogP contribution in [0.25, 0.3) is 0 Å². The second-order valence-corrected chi connectivity index (χ2v) is 4.84. The number of ether oxygens (including phenoxy) is 1. The maximum Gasteiger partial charge on any atom is 0.243 e. The molecule has 1 aromatic carbocycles. The van der Waals surface area contributed by atoms with E-state index in [1.807, 2.05) is 25.1 Å². The molecule has 0 aliphatic heterocycles. The minimum Gasteiger partial charge on any atom is -0.494 e. The SMILES string of the molecule is CCCCOc1ccc(N(C)C(=O)C(C)N)c(C)c1. The number of carbonyl (C=O) groups is 1. The van der Waals surface area contributed by atoms with Crippen LogP contribution in [0.2, 0.25) is 0 Å². The summed E-state index contributed by atoms with van der Waals surface area (Å²) in [6.45, 7) is 6.51. The van der Waals surface area contributed by atoms with E-state index in [9.17, 15) is 4.79 Å². The van der Waals surface area contributed by atoms with Crippen LogP contribution < -0.4 is 15.4 Å². The van der Waals surface area contributed by atoms with Crippen molar-refractivity contribution >= 4 is 11.6 Å². The summed E-state index contributed by atoms with van der Waals surface area (Å²) in [5.41, 5.74) is 7.49. The second kappa shape index (κ2) is 7.14. The minimum atomic E-state index is -0.495. The lowest BCUT2D eigenvalue weighted by Crippen LogP contribution is -2.40. The Hall–Kier alpha value is -1.55. The minimum absolute atomic E-state index is 0.0947. The lowest BCUT2D eigenvalue weighted by molar-refractivity contribution is -0.119. The quantitative estimate of drug-likeness (QED) is 0.803. The van der Waals surface area contributed by atoms with Gasteiger partial charge in [0.1, 0.15) is 5.75 Å². The fraction of sp³-hybridized carbons (Fsp3) is 0.533. The van der Waals surface area contributed by atoms with Crippen LogP contribution in [0.5, 0.6) is 5.75 Å². The molecule has 1 atom stereocenters. The number of anilines is 1.